The first-order valence-electron chi connectivity index (χ1n) is 8.87. The summed E-state index contributed by atoms with van der Waals surface area (Å²) in [4.78, 5) is 25.0. The summed E-state index contributed by atoms with van der Waals surface area (Å²) in [6, 6.07) is 15.1. The SMILES string of the molecule is COc1ccc(SC(C)C(=O)NCc2ccc(NC(=O)C(C)C)cc2)cc1. The fourth-order valence-electron chi connectivity index (χ4n) is 2.24. The highest BCUT2D eigenvalue weighted by molar-refractivity contribution is 8.00. The van der Waals surface area contributed by atoms with E-state index in [9.17, 15) is 9.59 Å². The third kappa shape index (κ3) is 6.64. The molecule has 0 fully saturated rings. The zero-order valence-corrected chi connectivity index (χ0v) is 16.9. The number of rotatable bonds is 8. The molecule has 0 aliphatic heterocycles. The summed E-state index contributed by atoms with van der Waals surface area (Å²) < 4.78 is 5.14. The van der Waals surface area contributed by atoms with Crippen molar-refractivity contribution in [3.05, 3.63) is 54.1 Å². The van der Waals surface area contributed by atoms with E-state index in [1.54, 1.807) is 7.11 Å². The van der Waals surface area contributed by atoms with Gasteiger partial charge in [-0.25, -0.2) is 0 Å². The van der Waals surface area contributed by atoms with Crippen LogP contribution in [0.1, 0.15) is 26.3 Å². The van der Waals surface area contributed by atoms with Crippen molar-refractivity contribution in [1.82, 2.24) is 5.32 Å². The van der Waals surface area contributed by atoms with Gasteiger partial charge in [0.25, 0.3) is 0 Å². The van der Waals surface area contributed by atoms with Crippen LogP contribution in [-0.4, -0.2) is 24.2 Å². The lowest BCUT2D eigenvalue weighted by Crippen LogP contribution is -2.30. The number of ether oxygens (including phenoxy) is 1. The lowest BCUT2D eigenvalue weighted by molar-refractivity contribution is -0.120. The third-order valence-electron chi connectivity index (χ3n) is 3.95. The van der Waals surface area contributed by atoms with Crippen LogP contribution in [0.3, 0.4) is 0 Å². The highest BCUT2D eigenvalue weighted by atomic mass is 32.2. The monoisotopic (exact) mass is 386 g/mol. The fourth-order valence-corrected chi connectivity index (χ4v) is 3.13. The number of carbonyl (C=O) groups is 2. The molecule has 2 aromatic carbocycles. The molecule has 2 rings (SSSR count). The van der Waals surface area contributed by atoms with Crippen molar-refractivity contribution in [2.45, 2.75) is 37.5 Å². The van der Waals surface area contributed by atoms with E-state index in [2.05, 4.69) is 10.6 Å². The standard InChI is InChI=1S/C21H26N2O3S/c1-14(2)20(24)23-17-7-5-16(6-8-17)13-22-21(25)15(3)27-19-11-9-18(26-4)10-12-19/h5-12,14-15H,13H2,1-4H3,(H,22,25)(H,23,24). The molecular weight excluding hydrogens is 360 g/mol. The molecule has 1 atom stereocenters. The van der Waals surface area contributed by atoms with Crippen molar-refractivity contribution >= 4 is 29.3 Å². The second-order valence-corrected chi connectivity index (χ2v) is 7.91. The van der Waals surface area contributed by atoms with Gasteiger partial charge in [-0.3, -0.25) is 9.59 Å². The van der Waals surface area contributed by atoms with Gasteiger partial charge >= 0.3 is 0 Å². The van der Waals surface area contributed by atoms with E-state index in [-0.39, 0.29) is 23.0 Å². The Hall–Kier alpha value is -2.47. The number of hydrogen-bond acceptors (Lipinski definition) is 4. The van der Waals surface area contributed by atoms with Gasteiger partial charge in [0.1, 0.15) is 5.75 Å². The molecule has 2 N–H and O–H groups in total. The van der Waals surface area contributed by atoms with Crippen LogP contribution in [0.4, 0.5) is 5.69 Å². The maximum absolute atomic E-state index is 12.3. The van der Waals surface area contributed by atoms with Gasteiger partial charge < -0.3 is 15.4 Å². The lowest BCUT2D eigenvalue weighted by Gasteiger charge is -2.13. The summed E-state index contributed by atoms with van der Waals surface area (Å²) in [7, 11) is 1.63. The molecule has 0 saturated heterocycles. The van der Waals surface area contributed by atoms with Gasteiger partial charge in [0, 0.05) is 23.0 Å². The molecule has 2 aromatic rings. The van der Waals surface area contributed by atoms with E-state index in [1.165, 1.54) is 11.8 Å². The number of amides is 2. The molecule has 27 heavy (non-hydrogen) atoms. The summed E-state index contributed by atoms with van der Waals surface area (Å²) >= 11 is 1.50. The number of nitrogens with one attached hydrogen (secondary N) is 2. The van der Waals surface area contributed by atoms with E-state index in [4.69, 9.17) is 4.74 Å². The maximum Gasteiger partial charge on any atom is 0.233 e. The van der Waals surface area contributed by atoms with Gasteiger partial charge in [0.05, 0.1) is 12.4 Å². The Morgan fingerprint density at radius 1 is 0.963 bits per heavy atom. The van der Waals surface area contributed by atoms with Crippen LogP contribution in [0.25, 0.3) is 0 Å². The molecule has 0 aromatic heterocycles. The van der Waals surface area contributed by atoms with Gasteiger partial charge in [0.2, 0.25) is 11.8 Å². The first kappa shape index (κ1) is 20.8. The van der Waals surface area contributed by atoms with Crippen LogP contribution in [0.15, 0.2) is 53.4 Å². The second kappa shape index (κ2) is 10.0. The molecule has 144 valence electrons. The molecule has 5 nitrogen and oxygen atoms in total. The molecule has 0 spiro atoms. The molecule has 0 aliphatic rings. The Labute approximate surface area is 164 Å². The zero-order valence-electron chi connectivity index (χ0n) is 16.1. The van der Waals surface area contributed by atoms with Crippen LogP contribution in [0.5, 0.6) is 5.75 Å². The fraction of sp³-hybridized carbons (Fsp3) is 0.333. The summed E-state index contributed by atoms with van der Waals surface area (Å²) in [5, 5.41) is 5.59. The highest BCUT2D eigenvalue weighted by Gasteiger charge is 2.14. The van der Waals surface area contributed by atoms with Gasteiger partial charge in [-0.05, 0) is 48.9 Å². The number of thioether (sulfide) groups is 1. The van der Waals surface area contributed by atoms with Gasteiger partial charge in [0.15, 0.2) is 0 Å². The van der Waals surface area contributed by atoms with Crippen molar-refractivity contribution in [3.8, 4) is 5.75 Å². The van der Waals surface area contributed by atoms with Crippen LogP contribution in [-0.2, 0) is 16.1 Å². The predicted octanol–water partition coefficient (Wildman–Crippen LogP) is 4.09. The molecule has 0 aliphatic carbocycles. The normalized spacial score (nSPS) is 11.7. The smallest absolute Gasteiger partial charge is 0.233 e. The number of benzene rings is 2. The van der Waals surface area contributed by atoms with Crippen LogP contribution in [0.2, 0.25) is 0 Å². The maximum atomic E-state index is 12.3. The number of carbonyl (C=O) groups excluding carboxylic acids is 2. The van der Waals surface area contributed by atoms with E-state index in [0.29, 0.717) is 6.54 Å². The Bertz CT molecular complexity index is 758. The molecule has 0 radical (unpaired) electrons. The highest BCUT2D eigenvalue weighted by Crippen LogP contribution is 2.25. The van der Waals surface area contributed by atoms with E-state index in [0.717, 1.165) is 21.9 Å². The average molecular weight is 387 g/mol. The molecule has 2 amide bonds. The zero-order chi connectivity index (χ0) is 19.8. The van der Waals surface area contributed by atoms with E-state index >= 15 is 0 Å². The van der Waals surface area contributed by atoms with Gasteiger partial charge in [-0.1, -0.05) is 26.0 Å². The lowest BCUT2D eigenvalue weighted by atomic mass is 10.1. The van der Waals surface area contributed by atoms with Gasteiger partial charge in [-0.2, -0.15) is 0 Å². The molecule has 0 heterocycles. The molecule has 0 bridgehead atoms. The van der Waals surface area contributed by atoms with Crippen molar-refractivity contribution in [2.75, 3.05) is 12.4 Å². The Morgan fingerprint density at radius 2 is 1.59 bits per heavy atom. The summed E-state index contributed by atoms with van der Waals surface area (Å²) in [5.74, 6) is 0.701. The quantitative estimate of drug-likeness (QED) is 0.671. The number of anilines is 1. The van der Waals surface area contributed by atoms with E-state index in [1.807, 2.05) is 69.3 Å². The van der Waals surface area contributed by atoms with Gasteiger partial charge in [-0.15, -0.1) is 11.8 Å². The Kier molecular flexibility index (Phi) is 7.73. The Balaban J connectivity index is 1.82. The third-order valence-corrected chi connectivity index (χ3v) is 5.07. The van der Waals surface area contributed by atoms with Crippen molar-refractivity contribution in [1.29, 1.82) is 0 Å². The molecule has 1 unspecified atom stereocenters. The van der Waals surface area contributed by atoms with Crippen LogP contribution < -0.4 is 15.4 Å². The van der Waals surface area contributed by atoms with Crippen molar-refractivity contribution in [3.63, 3.8) is 0 Å². The summed E-state index contributed by atoms with van der Waals surface area (Å²) in [5.41, 5.74) is 1.74. The average Bonchev–Trinajstić information content (AvgIpc) is 2.67. The Morgan fingerprint density at radius 3 is 2.15 bits per heavy atom. The minimum absolute atomic E-state index is 0.0135. The van der Waals surface area contributed by atoms with Crippen molar-refractivity contribution in [2.24, 2.45) is 5.92 Å². The topological polar surface area (TPSA) is 67.4 Å². The van der Waals surface area contributed by atoms with Crippen LogP contribution in [0, 0.1) is 5.92 Å². The molecular formula is C21H26N2O3S. The first-order chi connectivity index (χ1) is 12.9. The molecule has 0 saturated carbocycles. The minimum atomic E-state index is -0.206. The summed E-state index contributed by atoms with van der Waals surface area (Å²) in [6.45, 7) is 6.04. The van der Waals surface area contributed by atoms with Crippen molar-refractivity contribution < 1.29 is 14.3 Å². The minimum Gasteiger partial charge on any atom is -0.497 e. The predicted molar refractivity (Wildman–Crippen MR) is 110 cm³/mol. The molecule has 6 heteroatoms. The largest absolute Gasteiger partial charge is 0.497 e. The van der Waals surface area contributed by atoms with E-state index < -0.39 is 0 Å². The number of methoxy groups -OCH3 is 1. The van der Waals surface area contributed by atoms with Crippen LogP contribution >= 0.6 is 11.8 Å². The number of hydrogen-bond donors (Lipinski definition) is 2. The summed E-state index contributed by atoms with van der Waals surface area (Å²) in [6.07, 6.45) is 0. The first-order valence-corrected chi connectivity index (χ1v) is 9.75. The second-order valence-electron chi connectivity index (χ2n) is 6.49.